The molecule has 0 aromatic heterocycles. The number of ether oxygens (including phenoxy) is 1. The number of hydrogen-bond acceptors (Lipinski definition) is 4. The van der Waals surface area contributed by atoms with Crippen molar-refractivity contribution in [3.63, 3.8) is 0 Å². The van der Waals surface area contributed by atoms with E-state index in [1.807, 2.05) is 18.2 Å². The van der Waals surface area contributed by atoms with E-state index < -0.39 is 6.23 Å². The van der Waals surface area contributed by atoms with Crippen molar-refractivity contribution in [3.8, 4) is 5.75 Å². The molecule has 4 nitrogen and oxygen atoms in total. The molecule has 1 saturated heterocycles. The predicted octanol–water partition coefficient (Wildman–Crippen LogP) is 3.04. The van der Waals surface area contributed by atoms with Gasteiger partial charge in [0.25, 0.3) is 0 Å². The molecule has 0 amide bonds. The first-order chi connectivity index (χ1) is 12.8. The standard InChI is InChI=1S/C22H24N2O2/c25-15-22-24(20-7-3-4-8-21(20)26-22)18-9-11-23(12-10-18)19-13-16-5-1-2-6-17(16)14-19/h1-8,15,18-19,22H,9-14H2. The molecule has 1 unspecified atom stereocenters. The van der Waals surface area contributed by atoms with Crippen molar-refractivity contribution in [2.24, 2.45) is 0 Å². The van der Waals surface area contributed by atoms with Crippen molar-refractivity contribution < 1.29 is 9.53 Å². The van der Waals surface area contributed by atoms with Gasteiger partial charge in [-0.05, 0) is 48.9 Å². The van der Waals surface area contributed by atoms with Gasteiger partial charge >= 0.3 is 0 Å². The number of rotatable bonds is 3. The number of fused-ring (bicyclic) bond motifs is 2. The number of hydrogen-bond donors (Lipinski definition) is 0. The lowest BCUT2D eigenvalue weighted by Crippen LogP contribution is -2.51. The zero-order valence-corrected chi connectivity index (χ0v) is 14.9. The Hall–Kier alpha value is -2.33. The number of piperidine rings is 1. The van der Waals surface area contributed by atoms with Crippen LogP contribution in [0.25, 0.3) is 0 Å². The second kappa shape index (κ2) is 6.44. The molecule has 2 aromatic carbocycles. The molecule has 0 saturated carbocycles. The number of carbonyl (C=O) groups excluding carboxylic acids is 1. The first-order valence-electron chi connectivity index (χ1n) is 9.63. The predicted molar refractivity (Wildman–Crippen MR) is 102 cm³/mol. The molecule has 2 aliphatic heterocycles. The number of likely N-dealkylation sites (tertiary alicyclic amines) is 1. The topological polar surface area (TPSA) is 32.8 Å². The molecule has 134 valence electrons. The molecule has 1 fully saturated rings. The van der Waals surface area contributed by atoms with Crippen LogP contribution >= 0.6 is 0 Å². The minimum Gasteiger partial charge on any atom is -0.461 e. The number of nitrogens with zero attached hydrogens (tertiary/aromatic N) is 2. The van der Waals surface area contributed by atoms with Crippen LogP contribution in [0.4, 0.5) is 5.69 Å². The van der Waals surface area contributed by atoms with Crippen LogP contribution < -0.4 is 9.64 Å². The molecule has 0 spiro atoms. The number of para-hydroxylation sites is 2. The van der Waals surface area contributed by atoms with Gasteiger partial charge in [-0.2, -0.15) is 0 Å². The van der Waals surface area contributed by atoms with Crippen molar-refractivity contribution >= 4 is 12.0 Å². The van der Waals surface area contributed by atoms with Crippen molar-refractivity contribution in [1.29, 1.82) is 0 Å². The molecule has 5 rings (SSSR count). The highest BCUT2D eigenvalue weighted by molar-refractivity contribution is 5.73. The Morgan fingerprint density at radius 2 is 1.54 bits per heavy atom. The highest BCUT2D eigenvalue weighted by Crippen LogP contribution is 2.40. The van der Waals surface area contributed by atoms with E-state index in [-0.39, 0.29) is 0 Å². The van der Waals surface area contributed by atoms with Crippen LogP contribution in [0.15, 0.2) is 48.5 Å². The monoisotopic (exact) mass is 348 g/mol. The molecule has 3 aliphatic rings. The third kappa shape index (κ3) is 2.60. The fourth-order valence-corrected chi connectivity index (χ4v) is 4.91. The summed E-state index contributed by atoms with van der Waals surface area (Å²) in [7, 11) is 0. The van der Waals surface area contributed by atoms with Gasteiger partial charge in [-0.25, -0.2) is 0 Å². The van der Waals surface area contributed by atoms with Gasteiger partial charge in [-0.1, -0.05) is 36.4 Å². The molecule has 2 aromatic rings. The highest BCUT2D eigenvalue weighted by Gasteiger charge is 2.38. The molecule has 2 heterocycles. The lowest BCUT2D eigenvalue weighted by Gasteiger charge is -2.40. The molecule has 26 heavy (non-hydrogen) atoms. The van der Waals surface area contributed by atoms with E-state index in [0.29, 0.717) is 12.1 Å². The Morgan fingerprint density at radius 3 is 2.23 bits per heavy atom. The number of aldehydes is 1. The van der Waals surface area contributed by atoms with Crippen LogP contribution in [0.2, 0.25) is 0 Å². The normalized spacial score (nSPS) is 23.5. The van der Waals surface area contributed by atoms with Crippen molar-refractivity contribution in [1.82, 2.24) is 4.90 Å². The van der Waals surface area contributed by atoms with E-state index in [0.717, 1.165) is 43.7 Å². The summed E-state index contributed by atoms with van der Waals surface area (Å²) in [6.45, 7) is 2.18. The molecular formula is C22H24N2O2. The van der Waals surface area contributed by atoms with Crippen molar-refractivity contribution in [2.45, 2.75) is 44.0 Å². The van der Waals surface area contributed by atoms with E-state index >= 15 is 0 Å². The van der Waals surface area contributed by atoms with Crippen LogP contribution in [0.3, 0.4) is 0 Å². The first kappa shape index (κ1) is 15.9. The van der Waals surface area contributed by atoms with Gasteiger partial charge < -0.3 is 9.64 Å². The Balaban J connectivity index is 1.27. The van der Waals surface area contributed by atoms with Gasteiger partial charge in [-0.3, -0.25) is 9.69 Å². The first-order valence-corrected chi connectivity index (χ1v) is 9.63. The lowest BCUT2D eigenvalue weighted by atomic mass is 9.99. The summed E-state index contributed by atoms with van der Waals surface area (Å²) >= 11 is 0. The maximum absolute atomic E-state index is 11.6. The fraction of sp³-hybridized carbons (Fsp3) is 0.409. The minimum absolute atomic E-state index is 0.369. The second-order valence-corrected chi connectivity index (χ2v) is 7.62. The van der Waals surface area contributed by atoms with Crippen molar-refractivity contribution in [3.05, 3.63) is 59.7 Å². The maximum Gasteiger partial charge on any atom is 0.229 e. The van der Waals surface area contributed by atoms with Crippen LogP contribution in [0.5, 0.6) is 5.75 Å². The number of benzene rings is 2. The van der Waals surface area contributed by atoms with Crippen LogP contribution in [-0.2, 0) is 17.6 Å². The third-order valence-corrected chi connectivity index (χ3v) is 6.22. The molecular weight excluding hydrogens is 324 g/mol. The van der Waals surface area contributed by atoms with Gasteiger partial charge in [0.05, 0.1) is 5.69 Å². The van der Waals surface area contributed by atoms with Gasteiger partial charge in [0.15, 0.2) is 6.29 Å². The fourth-order valence-electron chi connectivity index (χ4n) is 4.91. The van der Waals surface area contributed by atoms with Gasteiger partial charge in [0, 0.05) is 25.2 Å². The van der Waals surface area contributed by atoms with Gasteiger partial charge in [-0.15, -0.1) is 0 Å². The summed E-state index contributed by atoms with van der Waals surface area (Å²) in [5.74, 6) is 0.832. The molecule has 1 atom stereocenters. The number of carbonyl (C=O) groups is 1. The Labute approximate surface area is 154 Å². The van der Waals surface area contributed by atoms with Crippen molar-refractivity contribution in [2.75, 3.05) is 18.0 Å². The maximum atomic E-state index is 11.6. The number of anilines is 1. The lowest BCUT2D eigenvalue weighted by molar-refractivity contribution is -0.113. The average Bonchev–Trinajstić information content (AvgIpc) is 3.29. The SMILES string of the molecule is O=CC1Oc2ccccc2N1C1CCN(C2Cc3ccccc3C2)CC1. The summed E-state index contributed by atoms with van der Waals surface area (Å²) < 4.78 is 5.84. The summed E-state index contributed by atoms with van der Waals surface area (Å²) in [6.07, 6.45) is 4.96. The highest BCUT2D eigenvalue weighted by atomic mass is 16.5. The molecule has 0 radical (unpaired) electrons. The van der Waals surface area contributed by atoms with Crippen LogP contribution in [0, 0.1) is 0 Å². The summed E-state index contributed by atoms with van der Waals surface area (Å²) in [6, 6.07) is 17.9. The Bertz CT molecular complexity index is 788. The Kier molecular flexibility index (Phi) is 3.93. The van der Waals surface area contributed by atoms with E-state index in [9.17, 15) is 4.79 Å². The summed E-state index contributed by atoms with van der Waals surface area (Å²) in [5, 5.41) is 0. The Morgan fingerprint density at radius 1 is 0.885 bits per heavy atom. The van der Waals surface area contributed by atoms with Crippen LogP contribution in [-0.4, -0.2) is 42.6 Å². The van der Waals surface area contributed by atoms with Crippen LogP contribution in [0.1, 0.15) is 24.0 Å². The van der Waals surface area contributed by atoms with E-state index in [4.69, 9.17) is 4.74 Å². The third-order valence-electron chi connectivity index (χ3n) is 6.22. The molecule has 4 heteroatoms. The quantitative estimate of drug-likeness (QED) is 0.798. The minimum atomic E-state index is -0.473. The summed E-state index contributed by atoms with van der Waals surface area (Å²) in [4.78, 5) is 16.4. The largest absolute Gasteiger partial charge is 0.461 e. The smallest absolute Gasteiger partial charge is 0.229 e. The average molecular weight is 348 g/mol. The van der Waals surface area contributed by atoms with Gasteiger partial charge in [0.1, 0.15) is 5.75 Å². The van der Waals surface area contributed by atoms with Gasteiger partial charge in [0.2, 0.25) is 6.23 Å². The molecule has 0 N–H and O–H groups in total. The van der Waals surface area contributed by atoms with E-state index in [1.54, 1.807) is 0 Å². The summed E-state index contributed by atoms with van der Waals surface area (Å²) in [5.41, 5.74) is 4.10. The second-order valence-electron chi connectivity index (χ2n) is 7.62. The van der Waals surface area contributed by atoms with E-state index in [1.165, 1.54) is 24.0 Å². The molecule has 0 bridgehead atoms. The van der Waals surface area contributed by atoms with E-state index in [2.05, 4.69) is 40.1 Å². The zero-order valence-electron chi connectivity index (χ0n) is 14.9. The molecule has 1 aliphatic carbocycles. The zero-order chi connectivity index (χ0) is 17.5.